The number of ether oxygens (including phenoxy) is 1. The molecule has 7 heteroatoms. The second-order valence-electron chi connectivity index (χ2n) is 6.82. The van der Waals surface area contributed by atoms with Crippen LogP contribution in [-0.2, 0) is 11.3 Å². The largest absolute Gasteiger partial charge is 0.508 e. The van der Waals surface area contributed by atoms with Crippen LogP contribution in [-0.4, -0.2) is 54.7 Å². The number of benzene rings is 1. The van der Waals surface area contributed by atoms with Gasteiger partial charge in [0.15, 0.2) is 5.96 Å². The molecule has 0 spiro atoms. The highest BCUT2D eigenvalue weighted by Gasteiger charge is 2.16. The molecule has 1 rings (SSSR count). The Morgan fingerprint density at radius 1 is 1.36 bits per heavy atom. The number of amides is 1. The summed E-state index contributed by atoms with van der Waals surface area (Å²) in [6.45, 7) is 8.92. The summed E-state index contributed by atoms with van der Waals surface area (Å²) < 4.78 is 5.17. The van der Waals surface area contributed by atoms with Crippen LogP contribution in [0.5, 0.6) is 11.5 Å². The SMILES string of the molecule is CCNC(=NCc1cc(OC)ccc1O)N(C)CC(=O)NC(C)(C)C. The first-order chi connectivity index (χ1) is 11.7. The van der Waals surface area contributed by atoms with Gasteiger partial charge in [-0.25, -0.2) is 4.99 Å². The smallest absolute Gasteiger partial charge is 0.240 e. The summed E-state index contributed by atoms with van der Waals surface area (Å²) >= 11 is 0. The van der Waals surface area contributed by atoms with E-state index >= 15 is 0 Å². The Labute approximate surface area is 150 Å². The van der Waals surface area contributed by atoms with E-state index in [2.05, 4.69) is 15.6 Å². The number of guanidine groups is 1. The van der Waals surface area contributed by atoms with Gasteiger partial charge in [0, 0.05) is 24.7 Å². The molecule has 0 aromatic heterocycles. The summed E-state index contributed by atoms with van der Waals surface area (Å²) in [5, 5.41) is 16.0. The van der Waals surface area contributed by atoms with E-state index in [1.807, 2.05) is 27.7 Å². The number of methoxy groups -OCH3 is 1. The molecule has 0 saturated carbocycles. The summed E-state index contributed by atoms with van der Waals surface area (Å²) in [5.41, 5.74) is 0.377. The molecule has 0 aliphatic heterocycles. The van der Waals surface area contributed by atoms with E-state index in [0.29, 0.717) is 23.8 Å². The number of likely N-dealkylation sites (N-methyl/N-ethyl adjacent to an activating group) is 1. The van der Waals surface area contributed by atoms with E-state index in [-0.39, 0.29) is 30.3 Å². The van der Waals surface area contributed by atoms with Crippen LogP contribution in [0, 0.1) is 0 Å². The molecular formula is C18H30N4O3. The minimum atomic E-state index is -0.278. The summed E-state index contributed by atoms with van der Waals surface area (Å²) in [4.78, 5) is 18.4. The predicted octanol–water partition coefficient (Wildman–Crippen LogP) is 1.71. The van der Waals surface area contributed by atoms with Gasteiger partial charge in [-0.05, 0) is 45.9 Å². The number of nitrogens with one attached hydrogen (secondary N) is 2. The monoisotopic (exact) mass is 350 g/mol. The van der Waals surface area contributed by atoms with Gasteiger partial charge in [-0.3, -0.25) is 4.79 Å². The lowest BCUT2D eigenvalue weighted by Crippen LogP contribution is -2.48. The summed E-state index contributed by atoms with van der Waals surface area (Å²) in [6, 6.07) is 5.02. The van der Waals surface area contributed by atoms with Crippen molar-refractivity contribution in [2.45, 2.75) is 39.8 Å². The number of carbonyl (C=O) groups is 1. The molecule has 0 unspecified atom stereocenters. The number of phenols is 1. The van der Waals surface area contributed by atoms with Crippen LogP contribution in [0.1, 0.15) is 33.3 Å². The van der Waals surface area contributed by atoms with Gasteiger partial charge >= 0.3 is 0 Å². The molecule has 3 N–H and O–H groups in total. The minimum absolute atomic E-state index is 0.0789. The Hall–Kier alpha value is -2.44. The van der Waals surface area contributed by atoms with Crippen molar-refractivity contribution in [1.82, 2.24) is 15.5 Å². The summed E-state index contributed by atoms with van der Waals surface area (Å²) in [7, 11) is 3.38. The van der Waals surface area contributed by atoms with Gasteiger partial charge in [0.05, 0.1) is 20.2 Å². The second kappa shape index (κ2) is 9.15. The fourth-order valence-corrected chi connectivity index (χ4v) is 2.19. The van der Waals surface area contributed by atoms with Crippen LogP contribution < -0.4 is 15.4 Å². The number of carbonyl (C=O) groups excluding carboxylic acids is 1. The van der Waals surface area contributed by atoms with Crippen molar-refractivity contribution in [3.05, 3.63) is 23.8 Å². The third-order valence-electron chi connectivity index (χ3n) is 3.28. The second-order valence-corrected chi connectivity index (χ2v) is 6.82. The van der Waals surface area contributed by atoms with Gasteiger partial charge in [-0.1, -0.05) is 0 Å². The molecule has 0 atom stereocenters. The Kier molecular flexibility index (Phi) is 7.54. The van der Waals surface area contributed by atoms with Crippen LogP contribution in [0.25, 0.3) is 0 Å². The van der Waals surface area contributed by atoms with Gasteiger partial charge in [0.25, 0.3) is 0 Å². The van der Waals surface area contributed by atoms with Gasteiger partial charge in [0.2, 0.25) is 5.91 Å². The number of hydrogen-bond donors (Lipinski definition) is 3. The molecule has 0 fully saturated rings. The first-order valence-corrected chi connectivity index (χ1v) is 8.32. The van der Waals surface area contributed by atoms with Gasteiger partial charge in [0.1, 0.15) is 11.5 Å². The van der Waals surface area contributed by atoms with E-state index in [1.54, 1.807) is 37.3 Å². The highest BCUT2D eigenvalue weighted by molar-refractivity contribution is 5.86. The van der Waals surface area contributed by atoms with Crippen LogP contribution >= 0.6 is 0 Å². The van der Waals surface area contributed by atoms with E-state index in [4.69, 9.17) is 4.74 Å². The fourth-order valence-electron chi connectivity index (χ4n) is 2.19. The highest BCUT2D eigenvalue weighted by atomic mass is 16.5. The van der Waals surface area contributed by atoms with Crippen molar-refractivity contribution in [1.29, 1.82) is 0 Å². The van der Waals surface area contributed by atoms with E-state index in [9.17, 15) is 9.90 Å². The van der Waals surface area contributed by atoms with Gasteiger partial charge < -0.3 is 25.4 Å². The molecule has 7 nitrogen and oxygen atoms in total. The lowest BCUT2D eigenvalue weighted by molar-refractivity contribution is -0.122. The van der Waals surface area contributed by atoms with E-state index in [1.165, 1.54) is 0 Å². The number of nitrogens with zero attached hydrogens (tertiary/aromatic N) is 2. The minimum Gasteiger partial charge on any atom is -0.508 e. The molecule has 25 heavy (non-hydrogen) atoms. The summed E-state index contributed by atoms with van der Waals surface area (Å²) in [6.07, 6.45) is 0. The molecule has 1 aromatic carbocycles. The zero-order valence-corrected chi connectivity index (χ0v) is 16.0. The Bertz CT molecular complexity index is 609. The maximum atomic E-state index is 12.1. The van der Waals surface area contributed by atoms with Gasteiger partial charge in [-0.2, -0.15) is 0 Å². The third kappa shape index (κ3) is 7.32. The lowest BCUT2D eigenvalue weighted by atomic mass is 10.1. The summed E-state index contributed by atoms with van der Waals surface area (Å²) in [5.74, 6) is 1.33. The number of aromatic hydroxyl groups is 1. The first-order valence-electron chi connectivity index (χ1n) is 8.32. The van der Waals surface area contributed by atoms with Crippen molar-refractivity contribution in [3.8, 4) is 11.5 Å². The Balaban J connectivity index is 2.84. The Morgan fingerprint density at radius 2 is 2.04 bits per heavy atom. The highest BCUT2D eigenvalue weighted by Crippen LogP contribution is 2.23. The van der Waals surface area contributed by atoms with Crippen LogP contribution in [0.2, 0.25) is 0 Å². The standard InChI is InChI=1S/C18H30N4O3/c1-7-19-17(22(5)12-16(24)21-18(2,3)4)20-11-13-10-14(25-6)8-9-15(13)23/h8-10,23H,7,11-12H2,1-6H3,(H,19,20)(H,21,24). The van der Waals surface area contributed by atoms with Crippen LogP contribution in [0.4, 0.5) is 0 Å². The zero-order chi connectivity index (χ0) is 19.0. The average Bonchev–Trinajstić information content (AvgIpc) is 2.50. The maximum Gasteiger partial charge on any atom is 0.240 e. The molecule has 0 aliphatic carbocycles. The molecule has 0 aliphatic rings. The quantitative estimate of drug-likeness (QED) is 0.537. The molecule has 1 amide bonds. The molecule has 0 radical (unpaired) electrons. The number of aliphatic imine (C=N–C) groups is 1. The normalized spacial score (nSPS) is 11.8. The van der Waals surface area contributed by atoms with Crippen LogP contribution in [0.3, 0.4) is 0 Å². The molecular weight excluding hydrogens is 320 g/mol. The van der Waals surface area contributed by atoms with Crippen molar-refractivity contribution >= 4 is 11.9 Å². The Morgan fingerprint density at radius 3 is 2.60 bits per heavy atom. The number of rotatable bonds is 6. The van der Waals surface area contributed by atoms with Crippen LogP contribution in [0.15, 0.2) is 23.2 Å². The number of hydrogen-bond acceptors (Lipinski definition) is 4. The van der Waals surface area contributed by atoms with E-state index in [0.717, 1.165) is 0 Å². The molecule has 0 heterocycles. The predicted molar refractivity (Wildman–Crippen MR) is 100 cm³/mol. The molecule has 0 bridgehead atoms. The topological polar surface area (TPSA) is 86.2 Å². The van der Waals surface area contributed by atoms with Crippen molar-refractivity contribution in [2.75, 3.05) is 27.2 Å². The van der Waals surface area contributed by atoms with Crippen molar-refractivity contribution in [2.24, 2.45) is 4.99 Å². The third-order valence-corrected chi connectivity index (χ3v) is 3.28. The maximum absolute atomic E-state index is 12.1. The van der Waals surface area contributed by atoms with Crippen molar-refractivity contribution < 1.29 is 14.6 Å². The zero-order valence-electron chi connectivity index (χ0n) is 16.0. The van der Waals surface area contributed by atoms with Crippen molar-refractivity contribution in [3.63, 3.8) is 0 Å². The average molecular weight is 350 g/mol. The lowest BCUT2D eigenvalue weighted by Gasteiger charge is -2.25. The molecule has 1 aromatic rings. The van der Waals surface area contributed by atoms with Gasteiger partial charge in [-0.15, -0.1) is 0 Å². The molecule has 140 valence electrons. The molecule has 0 saturated heterocycles. The fraction of sp³-hybridized carbons (Fsp3) is 0.556. The number of phenolic OH excluding ortho intramolecular Hbond substituents is 1. The first kappa shape index (κ1) is 20.6. The van der Waals surface area contributed by atoms with E-state index < -0.39 is 0 Å².